The SMILES string of the molecule is CC[C@H](C)c1ccc(OCCOc2ccc(/C=C3/C(=O)NC(=O)N(c4ccc(OC)cc4)C3=O)cc2)cc1. The van der Waals surface area contributed by atoms with Crippen molar-refractivity contribution in [3.05, 3.63) is 89.5 Å². The predicted octanol–water partition coefficient (Wildman–Crippen LogP) is 5.33. The first kappa shape index (κ1) is 26.5. The molecule has 0 spiro atoms. The zero-order valence-corrected chi connectivity index (χ0v) is 21.6. The fraction of sp³-hybridized carbons (Fsp3) is 0.233. The van der Waals surface area contributed by atoms with Crippen LogP contribution in [0.15, 0.2) is 78.4 Å². The minimum atomic E-state index is -0.806. The molecule has 1 saturated heterocycles. The van der Waals surface area contributed by atoms with Crippen LogP contribution in [0.1, 0.15) is 37.3 Å². The van der Waals surface area contributed by atoms with Gasteiger partial charge in [0, 0.05) is 0 Å². The van der Waals surface area contributed by atoms with Crippen LogP contribution in [0.25, 0.3) is 6.08 Å². The minimum Gasteiger partial charge on any atom is -0.497 e. The van der Waals surface area contributed by atoms with Crippen LogP contribution in [0.2, 0.25) is 0 Å². The van der Waals surface area contributed by atoms with Crippen molar-refractivity contribution >= 4 is 29.6 Å². The van der Waals surface area contributed by atoms with Crippen molar-refractivity contribution in [1.82, 2.24) is 5.32 Å². The summed E-state index contributed by atoms with van der Waals surface area (Å²) < 4.78 is 16.6. The van der Waals surface area contributed by atoms with Gasteiger partial charge >= 0.3 is 6.03 Å². The van der Waals surface area contributed by atoms with Gasteiger partial charge in [-0.15, -0.1) is 0 Å². The first-order chi connectivity index (χ1) is 18.4. The molecule has 1 aliphatic rings. The number of barbiturate groups is 1. The molecule has 8 heteroatoms. The number of imide groups is 2. The summed E-state index contributed by atoms with van der Waals surface area (Å²) in [4.78, 5) is 38.7. The van der Waals surface area contributed by atoms with E-state index in [2.05, 4.69) is 31.3 Å². The maximum Gasteiger partial charge on any atom is 0.335 e. The van der Waals surface area contributed by atoms with Crippen molar-refractivity contribution in [3.63, 3.8) is 0 Å². The Labute approximate surface area is 221 Å². The van der Waals surface area contributed by atoms with Crippen LogP contribution in [0.3, 0.4) is 0 Å². The number of benzene rings is 3. The summed E-state index contributed by atoms with van der Waals surface area (Å²) in [5.74, 6) is 1.05. The summed E-state index contributed by atoms with van der Waals surface area (Å²) in [7, 11) is 1.52. The Balaban J connectivity index is 1.35. The van der Waals surface area contributed by atoms with E-state index in [-0.39, 0.29) is 5.57 Å². The molecule has 1 atom stereocenters. The number of carbonyl (C=O) groups is 3. The average Bonchev–Trinajstić information content (AvgIpc) is 2.94. The highest BCUT2D eigenvalue weighted by molar-refractivity contribution is 6.39. The summed E-state index contributed by atoms with van der Waals surface area (Å²) in [6.45, 7) is 5.11. The molecular weight excluding hydrogens is 484 g/mol. The molecule has 3 aromatic carbocycles. The predicted molar refractivity (Wildman–Crippen MR) is 145 cm³/mol. The molecule has 38 heavy (non-hydrogen) atoms. The number of hydrogen-bond acceptors (Lipinski definition) is 6. The first-order valence-electron chi connectivity index (χ1n) is 12.4. The van der Waals surface area contributed by atoms with Gasteiger partial charge in [-0.1, -0.05) is 38.1 Å². The van der Waals surface area contributed by atoms with E-state index >= 15 is 0 Å². The van der Waals surface area contributed by atoms with Gasteiger partial charge in [-0.2, -0.15) is 0 Å². The standard InChI is InChI=1S/C30H30N2O6/c1-4-20(2)22-7-13-26(14-8-22)38-18-17-37-25-11-5-21(6-12-25)19-27-28(33)31-30(35)32(29(27)34)23-9-15-24(36-3)16-10-23/h5-16,19-20H,4,17-18H2,1-3H3,(H,31,33,35)/b27-19-/t20-/m0/s1. The van der Waals surface area contributed by atoms with Gasteiger partial charge in [0.05, 0.1) is 12.8 Å². The summed E-state index contributed by atoms with van der Waals surface area (Å²) in [5, 5.41) is 2.22. The van der Waals surface area contributed by atoms with Gasteiger partial charge in [0.15, 0.2) is 0 Å². The second kappa shape index (κ2) is 12.1. The van der Waals surface area contributed by atoms with Gasteiger partial charge in [0.2, 0.25) is 0 Å². The second-order valence-corrected chi connectivity index (χ2v) is 8.80. The van der Waals surface area contributed by atoms with Gasteiger partial charge in [-0.3, -0.25) is 14.9 Å². The number of anilines is 1. The quantitative estimate of drug-likeness (QED) is 0.223. The third-order valence-corrected chi connectivity index (χ3v) is 6.31. The summed E-state index contributed by atoms with van der Waals surface area (Å²) >= 11 is 0. The number of hydrogen-bond donors (Lipinski definition) is 1. The average molecular weight is 515 g/mol. The molecule has 0 unspecified atom stereocenters. The highest BCUT2D eigenvalue weighted by atomic mass is 16.5. The third-order valence-electron chi connectivity index (χ3n) is 6.31. The highest BCUT2D eigenvalue weighted by Crippen LogP contribution is 2.25. The van der Waals surface area contributed by atoms with Crippen LogP contribution < -0.4 is 24.4 Å². The molecule has 0 aliphatic carbocycles. The maximum absolute atomic E-state index is 13.0. The fourth-order valence-electron chi connectivity index (χ4n) is 3.90. The van der Waals surface area contributed by atoms with Crippen LogP contribution in [-0.2, 0) is 9.59 Å². The van der Waals surface area contributed by atoms with E-state index in [0.29, 0.717) is 41.9 Å². The molecule has 0 aromatic heterocycles. The van der Waals surface area contributed by atoms with E-state index in [1.165, 1.54) is 18.7 Å². The maximum atomic E-state index is 13.0. The van der Waals surface area contributed by atoms with Crippen LogP contribution in [0, 0.1) is 0 Å². The highest BCUT2D eigenvalue weighted by Gasteiger charge is 2.36. The molecule has 3 aromatic rings. The number of carbonyl (C=O) groups excluding carboxylic acids is 3. The van der Waals surface area contributed by atoms with E-state index in [9.17, 15) is 14.4 Å². The Morgan fingerprint density at radius 3 is 1.92 bits per heavy atom. The number of rotatable bonds is 10. The fourth-order valence-corrected chi connectivity index (χ4v) is 3.90. The number of nitrogens with zero attached hydrogens (tertiary/aromatic N) is 1. The normalized spacial score (nSPS) is 15.3. The molecular formula is C30H30N2O6. The molecule has 1 heterocycles. The van der Waals surface area contributed by atoms with Crippen LogP contribution in [0.4, 0.5) is 10.5 Å². The molecule has 1 N–H and O–H groups in total. The molecule has 196 valence electrons. The Morgan fingerprint density at radius 2 is 1.37 bits per heavy atom. The van der Waals surface area contributed by atoms with Crippen molar-refractivity contribution in [2.75, 3.05) is 25.2 Å². The smallest absolute Gasteiger partial charge is 0.335 e. The van der Waals surface area contributed by atoms with Crippen LogP contribution in [0.5, 0.6) is 17.2 Å². The molecule has 1 fully saturated rings. The van der Waals surface area contributed by atoms with Crippen molar-refractivity contribution in [3.8, 4) is 17.2 Å². The molecule has 0 saturated carbocycles. The van der Waals surface area contributed by atoms with Gasteiger partial charge in [-0.05, 0) is 78.1 Å². The third kappa shape index (κ3) is 6.21. The first-order valence-corrected chi connectivity index (χ1v) is 12.4. The zero-order chi connectivity index (χ0) is 27.1. The van der Waals surface area contributed by atoms with Gasteiger partial charge < -0.3 is 14.2 Å². The summed E-state index contributed by atoms with van der Waals surface area (Å²) in [6.07, 6.45) is 2.53. The van der Waals surface area contributed by atoms with E-state index in [1.807, 2.05) is 12.1 Å². The zero-order valence-electron chi connectivity index (χ0n) is 21.6. The second-order valence-electron chi connectivity index (χ2n) is 8.80. The minimum absolute atomic E-state index is 0.151. The van der Waals surface area contributed by atoms with Crippen molar-refractivity contribution in [1.29, 1.82) is 0 Å². The molecule has 1 aliphatic heterocycles. The summed E-state index contributed by atoms with van der Waals surface area (Å²) in [5.41, 5.74) is 2.07. The Morgan fingerprint density at radius 1 is 0.816 bits per heavy atom. The largest absolute Gasteiger partial charge is 0.497 e. The Hall–Kier alpha value is -4.59. The van der Waals surface area contributed by atoms with E-state index < -0.39 is 17.8 Å². The molecule has 0 radical (unpaired) electrons. The number of methoxy groups -OCH3 is 1. The van der Waals surface area contributed by atoms with E-state index in [1.54, 1.807) is 48.5 Å². The summed E-state index contributed by atoms with van der Waals surface area (Å²) in [6, 6.07) is 20.6. The number of amides is 4. The van der Waals surface area contributed by atoms with Gasteiger partial charge in [0.1, 0.15) is 36.0 Å². The Kier molecular flexibility index (Phi) is 8.43. The van der Waals surface area contributed by atoms with Gasteiger partial charge in [0.25, 0.3) is 11.8 Å². The lowest BCUT2D eigenvalue weighted by Crippen LogP contribution is -2.54. The van der Waals surface area contributed by atoms with E-state index in [0.717, 1.165) is 17.1 Å². The molecule has 0 bridgehead atoms. The number of urea groups is 1. The Bertz CT molecular complexity index is 1310. The number of ether oxygens (including phenoxy) is 3. The van der Waals surface area contributed by atoms with Crippen molar-refractivity contribution < 1.29 is 28.6 Å². The van der Waals surface area contributed by atoms with Crippen molar-refractivity contribution in [2.45, 2.75) is 26.2 Å². The lowest BCUT2D eigenvalue weighted by atomic mass is 9.99. The topological polar surface area (TPSA) is 94.2 Å². The molecule has 4 rings (SSSR count). The lowest BCUT2D eigenvalue weighted by molar-refractivity contribution is -0.122. The van der Waals surface area contributed by atoms with Crippen molar-refractivity contribution in [2.24, 2.45) is 0 Å². The number of nitrogens with one attached hydrogen (secondary N) is 1. The van der Waals surface area contributed by atoms with E-state index in [4.69, 9.17) is 14.2 Å². The monoisotopic (exact) mass is 514 g/mol. The lowest BCUT2D eigenvalue weighted by Gasteiger charge is -2.26. The van der Waals surface area contributed by atoms with Crippen LogP contribution >= 0.6 is 0 Å². The van der Waals surface area contributed by atoms with Crippen LogP contribution in [-0.4, -0.2) is 38.2 Å². The molecule has 4 amide bonds. The van der Waals surface area contributed by atoms with Gasteiger partial charge in [-0.25, -0.2) is 9.69 Å². The molecule has 8 nitrogen and oxygen atoms in total.